The number of furan rings is 1. The number of carbonyl (C=O) groups excluding carboxylic acids is 2. The van der Waals surface area contributed by atoms with Crippen LogP contribution in [0.4, 0.5) is 5.69 Å². The molecule has 0 saturated heterocycles. The number of amides is 2. The van der Waals surface area contributed by atoms with Gasteiger partial charge in [0.25, 0.3) is 21.8 Å². The Morgan fingerprint density at radius 1 is 1.29 bits per heavy atom. The van der Waals surface area contributed by atoms with Crippen LogP contribution in [0, 0.1) is 6.92 Å². The van der Waals surface area contributed by atoms with Crippen molar-refractivity contribution in [2.45, 2.75) is 11.8 Å². The van der Waals surface area contributed by atoms with Crippen LogP contribution in [0.3, 0.4) is 0 Å². The van der Waals surface area contributed by atoms with Gasteiger partial charge in [0.2, 0.25) is 0 Å². The van der Waals surface area contributed by atoms with E-state index in [1.165, 1.54) is 30.5 Å². The normalized spacial score (nSPS) is 13.6. The van der Waals surface area contributed by atoms with E-state index in [9.17, 15) is 18.0 Å². The van der Waals surface area contributed by atoms with Crippen LogP contribution in [0.5, 0.6) is 5.75 Å². The summed E-state index contributed by atoms with van der Waals surface area (Å²) in [7, 11) is -4.03. The van der Waals surface area contributed by atoms with Crippen LogP contribution in [-0.2, 0) is 14.8 Å². The first-order valence-corrected chi connectivity index (χ1v) is 8.28. The predicted molar refractivity (Wildman–Crippen MR) is 81.8 cm³/mol. The third kappa shape index (κ3) is 3.09. The topological polar surface area (TPSA) is 127 Å². The summed E-state index contributed by atoms with van der Waals surface area (Å²) < 4.78 is 34.6. The molecule has 1 aliphatic rings. The van der Waals surface area contributed by atoms with Gasteiger partial charge in [-0.25, -0.2) is 8.42 Å². The van der Waals surface area contributed by atoms with E-state index >= 15 is 0 Å². The van der Waals surface area contributed by atoms with Gasteiger partial charge in [-0.1, -0.05) is 0 Å². The third-order valence-electron chi connectivity index (χ3n) is 3.30. The van der Waals surface area contributed by atoms with E-state index in [1.807, 2.05) is 4.83 Å². The highest BCUT2D eigenvalue weighted by Crippen LogP contribution is 2.29. The number of nitrogens with one attached hydrogen (secondary N) is 3. The Labute approximate surface area is 137 Å². The molecule has 126 valence electrons. The molecule has 0 atom stereocenters. The van der Waals surface area contributed by atoms with Crippen molar-refractivity contribution in [3.05, 3.63) is 41.9 Å². The molecule has 3 N–H and O–H groups in total. The Morgan fingerprint density at radius 2 is 2.08 bits per heavy atom. The summed E-state index contributed by atoms with van der Waals surface area (Å²) in [6, 6.07) is 5.38. The minimum atomic E-state index is -4.03. The summed E-state index contributed by atoms with van der Waals surface area (Å²) in [4.78, 5) is 25.0. The lowest BCUT2D eigenvalue weighted by Gasteiger charge is -2.18. The molecule has 0 saturated carbocycles. The van der Waals surface area contributed by atoms with Crippen LogP contribution >= 0.6 is 0 Å². The molecule has 1 aliphatic heterocycles. The van der Waals surface area contributed by atoms with Gasteiger partial charge in [0.1, 0.15) is 11.5 Å². The van der Waals surface area contributed by atoms with Gasteiger partial charge < -0.3 is 14.5 Å². The first-order chi connectivity index (χ1) is 11.4. The first-order valence-electron chi connectivity index (χ1n) is 6.80. The van der Waals surface area contributed by atoms with Crippen molar-refractivity contribution in [3.63, 3.8) is 0 Å². The summed E-state index contributed by atoms with van der Waals surface area (Å²) in [5.41, 5.74) is 2.55. The van der Waals surface area contributed by atoms with Gasteiger partial charge in [-0.3, -0.25) is 15.0 Å². The average Bonchev–Trinajstić information content (AvgIpc) is 2.98. The van der Waals surface area contributed by atoms with Gasteiger partial charge in [0.15, 0.2) is 6.61 Å². The van der Waals surface area contributed by atoms with Gasteiger partial charge in [0.05, 0.1) is 22.4 Å². The minimum Gasteiger partial charge on any atom is -0.482 e. The highest BCUT2D eigenvalue weighted by atomic mass is 32.2. The van der Waals surface area contributed by atoms with Gasteiger partial charge >= 0.3 is 0 Å². The Balaban J connectivity index is 1.76. The average molecular weight is 351 g/mol. The number of rotatable bonds is 4. The summed E-state index contributed by atoms with van der Waals surface area (Å²) in [5, 5.41) is 2.51. The number of aryl methyl sites for hydroxylation is 1. The largest absolute Gasteiger partial charge is 0.482 e. The van der Waals surface area contributed by atoms with Crippen molar-refractivity contribution in [1.29, 1.82) is 0 Å². The van der Waals surface area contributed by atoms with E-state index in [2.05, 4.69) is 10.7 Å². The molecule has 1 aromatic heterocycles. The number of carbonyl (C=O) groups is 2. The number of sulfonamides is 1. The van der Waals surface area contributed by atoms with Crippen LogP contribution in [0.1, 0.15) is 16.1 Å². The van der Waals surface area contributed by atoms with E-state index in [-0.39, 0.29) is 28.7 Å². The molecule has 2 aromatic rings. The smallest absolute Gasteiger partial charge is 0.269 e. The molecule has 9 nitrogen and oxygen atoms in total. The zero-order chi connectivity index (χ0) is 17.3. The molecule has 24 heavy (non-hydrogen) atoms. The second kappa shape index (κ2) is 5.98. The number of ether oxygens (including phenoxy) is 1. The highest BCUT2D eigenvalue weighted by molar-refractivity contribution is 7.89. The Hall–Kier alpha value is -2.85. The number of hydrazine groups is 1. The fraction of sp³-hybridized carbons (Fsp3) is 0.143. The molecule has 3 rings (SSSR count). The number of benzene rings is 1. The lowest BCUT2D eigenvalue weighted by molar-refractivity contribution is -0.118. The van der Waals surface area contributed by atoms with Crippen molar-refractivity contribution in [2.24, 2.45) is 0 Å². The molecule has 1 aromatic carbocycles. The second-order valence-corrected chi connectivity index (χ2v) is 6.63. The Kier molecular flexibility index (Phi) is 3.99. The molecule has 0 fully saturated rings. The van der Waals surface area contributed by atoms with E-state index in [0.29, 0.717) is 11.5 Å². The fourth-order valence-corrected chi connectivity index (χ4v) is 2.95. The maximum atomic E-state index is 12.3. The summed E-state index contributed by atoms with van der Waals surface area (Å²) >= 11 is 0. The third-order valence-corrected chi connectivity index (χ3v) is 4.54. The van der Waals surface area contributed by atoms with Crippen molar-refractivity contribution >= 4 is 27.5 Å². The van der Waals surface area contributed by atoms with E-state index in [0.717, 1.165) is 0 Å². The van der Waals surface area contributed by atoms with Gasteiger partial charge in [-0.15, -0.1) is 4.83 Å². The molecular weight excluding hydrogens is 338 g/mol. The second-order valence-electron chi connectivity index (χ2n) is 4.94. The van der Waals surface area contributed by atoms with Gasteiger partial charge in [0, 0.05) is 0 Å². The summed E-state index contributed by atoms with van der Waals surface area (Å²) in [6.45, 7) is 1.45. The van der Waals surface area contributed by atoms with Crippen molar-refractivity contribution in [2.75, 3.05) is 11.9 Å². The monoisotopic (exact) mass is 351 g/mol. The van der Waals surface area contributed by atoms with Gasteiger partial charge in [-0.2, -0.15) is 0 Å². The first kappa shape index (κ1) is 16.0. The number of fused-ring (bicyclic) bond motifs is 1. The van der Waals surface area contributed by atoms with Crippen LogP contribution in [0.15, 0.2) is 39.8 Å². The van der Waals surface area contributed by atoms with Crippen molar-refractivity contribution < 1.29 is 27.2 Å². The van der Waals surface area contributed by atoms with Crippen LogP contribution < -0.4 is 20.3 Å². The minimum absolute atomic E-state index is 0.128. The standard InChI is InChI=1S/C14H13N3O6S/c1-8-10(4-5-22-8)14(19)16-17-24(20,21)9-2-3-12-11(6-9)15-13(18)7-23-12/h2-6,17H,7H2,1H3,(H,15,18)(H,16,19). The lowest BCUT2D eigenvalue weighted by atomic mass is 10.2. The van der Waals surface area contributed by atoms with Gasteiger partial charge in [-0.05, 0) is 31.2 Å². The molecule has 0 bridgehead atoms. The quantitative estimate of drug-likeness (QED) is 0.690. The summed E-state index contributed by atoms with van der Waals surface area (Å²) in [5.74, 6) is -0.305. The van der Waals surface area contributed by atoms with Crippen molar-refractivity contribution in [1.82, 2.24) is 10.3 Å². The van der Waals surface area contributed by atoms with E-state index < -0.39 is 15.9 Å². The SMILES string of the molecule is Cc1occc1C(=O)NNS(=O)(=O)c1ccc2c(c1)NC(=O)CO2. The molecule has 2 amide bonds. The predicted octanol–water partition coefficient (Wildman–Crippen LogP) is 0.542. The summed E-state index contributed by atoms with van der Waals surface area (Å²) in [6.07, 6.45) is 1.32. The molecule has 0 unspecified atom stereocenters. The number of anilines is 1. The molecular formula is C14H13N3O6S. The van der Waals surface area contributed by atoms with Crippen LogP contribution in [0.25, 0.3) is 0 Å². The fourth-order valence-electron chi connectivity index (χ4n) is 2.09. The number of hydrogen-bond donors (Lipinski definition) is 3. The highest BCUT2D eigenvalue weighted by Gasteiger charge is 2.22. The maximum absolute atomic E-state index is 12.3. The Bertz CT molecular complexity index is 918. The van der Waals surface area contributed by atoms with E-state index in [4.69, 9.17) is 9.15 Å². The maximum Gasteiger partial charge on any atom is 0.269 e. The molecule has 0 aliphatic carbocycles. The molecule has 10 heteroatoms. The molecule has 2 heterocycles. The zero-order valence-corrected chi connectivity index (χ0v) is 13.3. The van der Waals surface area contributed by atoms with Crippen molar-refractivity contribution in [3.8, 4) is 5.75 Å². The molecule has 0 radical (unpaired) electrons. The van der Waals surface area contributed by atoms with E-state index in [1.54, 1.807) is 6.92 Å². The van der Waals surface area contributed by atoms with Crippen LogP contribution in [-0.4, -0.2) is 26.8 Å². The molecule has 0 spiro atoms. The number of hydrogen-bond acceptors (Lipinski definition) is 6. The van der Waals surface area contributed by atoms with Crippen LogP contribution in [0.2, 0.25) is 0 Å². The zero-order valence-electron chi connectivity index (χ0n) is 12.5. The Morgan fingerprint density at radius 3 is 2.79 bits per heavy atom. The lowest BCUT2D eigenvalue weighted by Crippen LogP contribution is -2.41.